The van der Waals surface area contributed by atoms with E-state index in [4.69, 9.17) is 0 Å². The average molecular weight is 301 g/mol. The quantitative estimate of drug-likeness (QED) is 0.890. The van der Waals surface area contributed by atoms with Crippen molar-refractivity contribution >= 4 is 17.2 Å². The smallest absolute Gasteiger partial charge is 0.223 e. The van der Waals surface area contributed by atoms with E-state index in [-0.39, 0.29) is 11.8 Å². The Hall–Kier alpha value is -1.65. The lowest BCUT2D eigenvalue weighted by Crippen LogP contribution is -2.33. The number of nitrogens with one attached hydrogen (secondary N) is 1. The molecule has 1 aliphatic rings. The maximum absolute atomic E-state index is 11.8. The summed E-state index contributed by atoms with van der Waals surface area (Å²) in [6, 6.07) is 13.5. The Morgan fingerprint density at radius 3 is 2.67 bits per heavy atom. The van der Waals surface area contributed by atoms with E-state index >= 15 is 0 Å². The molecule has 1 fully saturated rings. The molecule has 0 spiro atoms. The Kier molecular flexibility index (Phi) is 4.36. The first kappa shape index (κ1) is 14.3. The maximum atomic E-state index is 11.8. The summed E-state index contributed by atoms with van der Waals surface area (Å²) in [5.74, 6) is 0.388. The van der Waals surface area contributed by atoms with Crippen molar-refractivity contribution < 1.29 is 9.90 Å². The van der Waals surface area contributed by atoms with Gasteiger partial charge < -0.3 is 10.4 Å². The highest BCUT2D eigenvalue weighted by molar-refractivity contribution is 7.12. The molecule has 1 unspecified atom stereocenters. The van der Waals surface area contributed by atoms with Gasteiger partial charge in [0.15, 0.2) is 0 Å². The number of rotatable bonds is 5. The largest absolute Gasteiger partial charge is 0.383 e. The second kappa shape index (κ2) is 6.41. The molecule has 1 heterocycles. The van der Waals surface area contributed by atoms with Crippen LogP contribution in [0.1, 0.15) is 40.7 Å². The summed E-state index contributed by atoms with van der Waals surface area (Å²) in [5, 5.41) is 13.3. The lowest BCUT2D eigenvalue weighted by molar-refractivity contribution is -0.127. The molecule has 1 aromatic carbocycles. The lowest BCUT2D eigenvalue weighted by atomic mass is 9.85. The predicted molar refractivity (Wildman–Crippen MR) is 84.0 cm³/mol. The maximum Gasteiger partial charge on any atom is 0.223 e. The molecule has 21 heavy (non-hydrogen) atoms. The van der Waals surface area contributed by atoms with Crippen LogP contribution in [-0.4, -0.2) is 11.0 Å². The number of hydrogen-bond donors (Lipinski definition) is 2. The fourth-order valence-electron chi connectivity index (χ4n) is 2.43. The molecule has 0 radical (unpaired) electrons. The van der Waals surface area contributed by atoms with E-state index in [1.165, 1.54) is 6.42 Å². The summed E-state index contributed by atoms with van der Waals surface area (Å²) in [7, 11) is 0. The van der Waals surface area contributed by atoms with Crippen LogP contribution in [0.3, 0.4) is 0 Å². The molecular weight excluding hydrogens is 282 g/mol. The first-order chi connectivity index (χ1) is 10.2. The van der Waals surface area contributed by atoms with E-state index in [1.807, 2.05) is 42.5 Å². The second-order valence-corrected chi connectivity index (χ2v) is 6.66. The van der Waals surface area contributed by atoms with E-state index in [2.05, 4.69) is 5.32 Å². The van der Waals surface area contributed by atoms with Crippen molar-refractivity contribution in [2.24, 2.45) is 5.92 Å². The minimum Gasteiger partial charge on any atom is -0.383 e. The van der Waals surface area contributed by atoms with Crippen molar-refractivity contribution in [3.05, 3.63) is 57.8 Å². The Bertz CT molecular complexity index is 604. The minimum atomic E-state index is -0.590. The number of aliphatic hydroxyl groups excluding tert-OH is 1. The van der Waals surface area contributed by atoms with E-state index < -0.39 is 6.10 Å². The normalized spacial score (nSPS) is 16.2. The number of hydrogen-bond acceptors (Lipinski definition) is 3. The molecule has 4 heteroatoms. The number of carbonyl (C=O) groups excluding carboxylic acids is 1. The molecule has 2 N–H and O–H groups in total. The highest BCUT2D eigenvalue weighted by Crippen LogP contribution is 2.29. The SMILES string of the molecule is O=C(NCc1ccc(C(O)c2ccccc2)s1)C1CCC1. The van der Waals surface area contributed by atoms with Crippen molar-refractivity contribution in [3.63, 3.8) is 0 Å². The summed E-state index contributed by atoms with van der Waals surface area (Å²) < 4.78 is 0. The standard InChI is InChI=1S/C17H19NO2S/c19-16(12-5-2-1-3-6-12)15-10-9-14(21-15)11-18-17(20)13-7-4-8-13/h1-3,5-6,9-10,13,16,19H,4,7-8,11H2,(H,18,20). The third-order valence-electron chi connectivity index (χ3n) is 3.98. The molecule has 3 nitrogen and oxygen atoms in total. The van der Waals surface area contributed by atoms with Crippen LogP contribution in [0.15, 0.2) is 42.5 Å². The van der Waals surface area contributed by atoms with Crippen LogP contribution >= 0.6 is 11.3 Å². The zero-order chi connectivity index (χ0) is 14.7. The fourth-order valence-corrected chi connectivity index (χ4v) is 3.39. The average Bonchev–Trinajstić information content (AvgIpc) is 2.92. The number of amides is 1. The molecule has 0 saturated heterocycles. The van der Waals surface area contributed by atoms with Crippen LogP contribution in [0, 0.1) is 5.92 Å². The first-order valence-electron chi connectivity index (χ1n) is 7.33. The molecule has 1 aliphatic carbocycles. The number of carbonyl (C=O) groups is 1. The van der Waals surface area contributed by atoms with E-state index in [1.54, 1.807) is 11.3 Å². The highest BCUT2D eigenvalue weighted by Gasteiger charge is 2.24. The molecule has 1 amide bonds. The molecule has 0 bridgehead atoms. The van der Waals surface area contributed by atoms with Gasteiger partial charge in [-0.2, -0.15) is 0 Å². The number of aliphatic hydroxyl groups is 1. The molecular formula is C17H19NO2S. The van der Waals surface area contributed by atoms with E-state index in [0.717, 1.165) is 28.2 Å². The summed E-state index contributed by atoms with van der Waals surface area (Å²) >= 11 is 1.55. The van der Waals surface area contributed by atoms with Crippen molar-refractivity contribution in [1.29, 1.82) is 0 Å². The van der Waals surface area contributed by atoms with Crippen molar-refractivity contribution in [3.8, 4) is 0 Å². The van der Waals surface area contributed by atoms with Gasteiger partial charge in [-0.25, -0.2) is 0 Å². The van der Waals surface area contributed by atoms with Gasteiger partial charge in [-0.05, 0) is 30.5 Å². The van der Waals surface area contributed by atoms with E-state index in [0.29, 0.717) is 6.54 Å². The molecule has 1 atom stereocenters. The summed E-state index contributed by atoms with van der Waals surface area (Å²) in [6.45, 7) is 0.557. The third kappa shape index (κ3) is 3.34. The molecule has 1 aromatic heterocycles. The summed E-state index contributed by atoms with van der Waals surface area (Å²) in [4.78, 5) is 13.8. The van der Waals surface area contributed by atoms with Gasteiger partial charge in [0.05, 0.1) is 6.54 Å². The molecule has 0 aliphatic heterocycles. The fraction of sp³-hybridized carbons (Fsp3) is 0.353. The third-order valence-corrected chi connectivity index (χ3v) is 5.12. The Labute approximate surface area is 128 Å². The van der Waals surface area contributed by atoms with Crippen LogP contribution < -0.4 is 5.32 Å². The molecule has 1 saturated carbocycles. The van der Waals surface area contributed by atoms with Gasteiger partial charge in [-0.15, -0.1) is 11.3 Å². The summed E-state index contributed by atoms with van der Waals surface area (Å²) in [6.07, 6.45) is 2.62. The predicted octanol–water partition coefficient (Wildman–Crippen LogP) is 3.25. The van der Waals surface area contributed by atoms with Gasteiger partial charge in [0.1, 0.15) is 6.10 Å². The number of benzene rings is 1. The van der Waals surface area contributed by atoms with E-state index in [9.17, 15) is 9.90 Å². The zero-order valence-corrected chi connectivity index (χ0v) is 12.6. The van der Waals surface area contributed by atoms with Gasteiger partial charge in [-0.3, -0.25) is 4.79 Å². The summed E-state index contributed by atoms with van der Waals surface area (Å²) in [5.41, 5.74) is 0.893. The minimum absolute atomic E-state index is 0.166. The van der Waals surface area contributed by atoms with Crippen molar-refractivity contribution in [2.75, 3.05) is 0 Å². The van der Waals surface area contributed by atoms with Crippen LogP contribution in [0.25, 0.3) is 0 Å². The Morgan fingerprint density at radius 2 is 2.00 bits per heavy atom. The number of thiophene rings is 1. The molecule has 110 valence electrons. The molecule has 2 aromatic rings. The lowest BCUT2D eigenvalue weighted by Gasteiger charge is -2.23. The monoisotopic (exact) mass is 301 g/mol. The van der Waals surface area contributed by atoms with Crippen LogP contribution in [0.2, 0.25) is 0 Å². The van der Waals surface area contributed by atoms with Crippen molar-refractivity contribution in [2.45, 2.75) is 31.9 Å². The second-order valence-electron chi connectivity index (χ2n) is 5.46. The van der Waals surface area contributed by atoms with Gasteiger partial charge in [0, 0.05) is 15.7 Å². The van der Waals surface area contributed by atoms with Crippen LogP contribution in [0.5, 0.6) is 0 Å². The van der Waals surface area contributed by atoms with Gasteiger partial charge >= 0.3 is 0 Å². The van der Waals surface area contributed by atoms with Crippen molar-refractivity contribution in [1.82, 2.24) is 5.32 Å². The van der Waals surface area contributed by atoms with Crippen LogP contribution in [0.4, 0.5) is 0 Å². The first-order valence-corrected chi connectivity index (χ1v) is 8.15. The Balaban J connectivity index is 1.59. The van der Waals surface area contributed by atoms with Gasteiger partial charge in [-0.1, -0.05) is 36.8 Å². The highest BCUT2D eigenvalue weighted by atomic mass is 32.1. The zero-order valence-electron chi connectivity index (χ0n) is 11.8. The molecule has 3 rings (SSSR count). The Morgan fingerprint density at radius 1 is 1.24 bits per heavy atom. The van der Waals surface area contributed by atoms with Crippen LogP contribution in [-0.2, 0) is 11.3 Å². The van der Waals surface area contributed by atoms with Gasteiger partial charge in [0.25, 0.3) is 0 Å². The van der Waals surface area contributed by atoms with Gasteiger partial charge in [0.2, 0.25) is 5.91 Å². The topological polar surface area (TPSA) is 49.3 Å².